The SMILES string of the molecule is CC(C(=O)NC(N)=O)N1CCCC(O)C1. The number of hydrogen-bond donors (Lipinski definition) is 3. The van der Waals surface area contributed by atoms with Crippen LogP contribution in [0.5, 0.6) is 0 Å². The molecule has 15 heavy (non-hydrogen) atoms. The minimum absolute atomic E-state index is 0.387. The summed E-state index contributed by atoms with van der Waals surface area (Å²) in [5.41, 5.74) is 4.85. The summed E-state index contributed by atoms with van der Waals surface area (Å²) in [6.07, 6.45) is 1.23. The van der Waals surface area contributed by atoms with Gasteiger partial charge in [0.15, 0.2) is 0 Å². The number of aliphatic hydroxyl groups is 1. The Kier molecular flexibility index (Phi) is 4.05. The summed E-state index contributed by atoms with van der Waals surface area (Å²) < 4.78 is 0. The molecule has 1 aliphatic heterocycles. The predicted octanol–water partition coefficient (Wildman–Crippen LogP) is -0.973. The molecule has 1 aliphatic rings. The molecule has 4 N–H and O–H groups in total. The number of imide groups is 1. The molecule has 2 atom stereocenters. The fourth-order valence-corrected chi connectivity index (χ4v) is 1.73. The van der Waals surface area contributed by atoms with E-state index in [-0.39, 0.29) is 6.10 Å². The van der Waals surface area contributed by atoms with Crippen molar-refractivity contribution < 1.29 is 14.7 Å². The second-order valence-electron chi connectivity index (χ2n) is 3.82. The number of urea groups is 1. The Morgan fingerprint density at radius 3 is 2.80 bits per heavy atom. The van der Waals surface area contributed by atoms with Crippen molar-refractivity contribution in [1.29, 1.82) is 0 Å². The molecule has 0 radical (unpaired) electrons. The van der Waals surface area contributed by atoms with Crippen molar-refractivity contribution in [3.05, 3.63) is 0 Å². The van der Waals surface area contributed by atoms with Gasteiger partial charge in [0.05, 0.1) is 12.1 Å². The Morgan fingerprint density at radius 2 is 2.27 bits per heavy atom. The average molecular weight is 215 g/mol. The van der Waals surface area contributed by atoms with E-state index in [0.29, 0.717) is 6.54 Å². The van der Waals surface area contributed by atoms with Crippen LogP contribution in [0.3, 0.4) is 0 Å². The molecular formula is C9H17N3O3. The van der Waals surface area contributed by atoms with Gasteiger partial charge in [0.2, 0.25) is 5.91 Å². The second kappa shape index (κ2) is 5.09. The van der Waals surface area contributed by atoms with E-state index in [4.69, 9.17) is 5.73 Å². The van der Waals surface area contributed by atoms with Crippen LogP contribution in [0.1, 0.15) is 19.8 Å². The van der Waals surface area contributed by atoms with Crippen molar-refractivity contribution in [1.82, 2.24) is 10.2 Å². The molecule has 6 nitrogen and oxygen atoms in total. The molecule has 1 heterocycles. The number of amides is 3. The standard InChI is InChI=1S/C9H17N3O3/c1-6(8(14)11-9(10)15)12-4-2-3-7(13)5-12/h6-7,13H,2-5H2,1H3,(H3,10,11,14,15). The molecule has 1 saturated heterocycles. The number of nitrogens with two attached hydrogens (primary N) is 1. The van der Waals surface area contributed by atoms with E-state index < -0.39 is 18.0 Å². The smallest absolute Gasteiger partial charge is 0.318 e. The molecule has 0 spiro atoms. The maximum atomic E-state index is 11.4. The van der Waals surface area contributed by atoms with Crippen molar-refractivity contribution in [2.75, 3.05) is 13.1 Å². The number of primary amides is 1. The van der Waals surface area contributed by atoms with Gasteiger partial charge in [0.25, 0.3) is 0 Å². The van der Waals surface area contributed by atoms with Crippen LogP contribution >= 0.6 is 0 Å². The van der Waals surface area contributed by atoms with Crippen molar-refractivity contribution in [2.24, 2.45) is 5.73 Å². The van der Waals surface area contributed by atoms with E-state index >= 15 is 0 Å². The van der Waals surface area contributed by atoms with E-state index in [9.17, 15) is 14.7 Å². The monoisotopic (exact) mass is 215 g/mol. The highest BCUT2D eigenvalue weighted by atomic mass is 16.3. The first kappa shape index (κ1) is 11.9. The van der Waals surface area contributed by atoms with E-state index in [1.54, 1.807) is 6.92 Å². The first-order valence-corrected chi connectivity index (χ1v) is 5.03. The molecule has 6 heteroatoms. The second-order valence-corrected chi connectivity index (χ2v) is 3.82. The van der Waals surface area contributed by atoms with Gasteiger partial charge in [-0.2, -0.15) is 0 Å². The lowest BCUT2D eigenvalue weighted by molar-refractivity contribution is -0.125. The summed E-state index contributed by atoms with van der Waals surface area (Å²) in [7, 11) is 0. The maximum absolute atomic E-state index is 11.4. The van der Waals surface area contributed by atoms with E-state index in [0.717, 1.165) is 19.4 Å². The zero-order valence-corrected chi connectivity index (χ0v) is 8.77. The highest BCUT2D eigenvalue weighted by molar-refractivity contribution is 5.96. The van der Waals surface area contributed by atoms with Gasteiger partial charge in [-0.3, -0.25) is 15.0 Å². The number of β-amino-alcohol motifs (C(OH)–C–C–N with tert-alkyl or cyclic N) is 1. The Hall–Kier alpha value is -1.14. The van der Waals surface area contributed by atoms with Crippen LogP contribution < -0.4 is 11.1 Å². The van der Waals surface area contributed by atoms with Gasteiger partial charge in [-0.25, -0.2) is 4.79 Å². The molecule has 0 aromatic heterocycles. The third kappa shape index (κ3) is 3.49. The molecule has 0 bridgehead atoms. The van der Waals surface area contributed by atoms with E-state index in [1.165, 1.54) is 0 Å². The number of aliphatic hydroxyl groups excluding tert-OH is 1. The molecule has 1 rings (SSSR count). The number of likely N-dealkylation sites (tertiary alicyclic amines) is 1. The Morgan fingerprint density at radius 1 is 1.60 bits per heavy atom. The van der Waals surface area contributed by atoms with Crippen molar-refractivity contribution in [3.63, 3.8) is 0 Å². The van der Waals surface area contributed by atoms with E-state index in [1.807, 2.05) is 10.2 Å². The lowest BCUT2D eigenvalue weighted by Gasteiger charge is -2.33. The lowest BCUT2D eigenvalue weighted by Crippen LogP contribution is -2.52. The molecule has 2 unspecified atom stereocenters. The fourth-order valence-electron chi connectivity index (χ4n) is 1.73. The first-order valence-electron chi connectivity index (χ1n) is 5.03. The molecule has 0 aliphatic carbocycles. The number of rotatable bonds is 2. The predicted molar refractivity (Wildman–Crippen MR) is 54.0 cm³/mol. The highest BCUT2D eigenvalue weighted by Gasteiger charge is 2.26. The van der Waals surface area contributed by atoms with Gasteiger partial charge >= 0.3 is 6.03 Å². The summed E-state index contributed by atoms with van der Waals surface area (Å²) in [6.45, 7) is 2.91. The third-order valence-electron chi connectivity index (χ3n) is 2.60. The number of hydrogen-bond acceptors (Lipinski definition) is 4. The lowest BCUT2D eigenvalue weighted by atomic mass is 10.1. The number of carbonyl (C=O) groups is 2. The van der Waals surface area contributed by atoms with Gasteiger partial charge in [-0.1, -0.05) is 0 Å². The van der Waals surface area contributed by atoms with Crippen molar-refractivity contribution in [3.8, 4) is 0 Å². The van der Waals surface area contributed by atoms with Crippen molar-refractivity contribution in [2.45, 2.75) is 31.9 Å². The molecule has 0 aromatic carbocycles. The highest BCUT2D eigenvalue weighted by Crippen LogP contribution is 2.12. The van der Waals surface area contributed by atoms with Gasteiger partial charge in [0, 0.05) is 6.54 Å². The van der Waals surface area contributed by atoms with Crippen LogP contribution in [-0.2, 0) is 4.79 Å². The van der Waals surface area contributed by atoms with Gasteiger partial charge in [0.1, 0.15) is 0 Å². The van der Waals surface area contributed by atoms with Crippen LogP contribution in [0.2, 0.25) is 0 Å². The quantitative estimate of drug-likeness (QED) is 0.552. The first-order chi connectivity index (χ1) is 7.00. The van der Waals surface area contributed by atoms with Gasteiger partial charge in [-0.15, -0.1) is 0 Å². The normalized spacial score (nSPS) is 24.5. The molecule has 86 valence electrons. The Labute approximate surface area is 88.4 Å². The molecule has 3 amide bonds. The third-order valence-corrected chi connectivity index (χ3v) is 2.60. The number of nitrogens with one attached hydrogen (secondary N) is 1. The van der Waals surface area contributed by atoms with Crippen molar-refractivity contribution >= 4 is 11.9 Å². The Bertz CT molecular complexity index is 257. The van der Waals surface area contributed by atoms with Crippen LogP contribution in [-0.4, -0.2) is 47.2 Å². The van der Waals surface area contributed by atoms with Crippen LogP contribution in [0.4, 0.5) is 4.79 Å². The molecule has 0 aromatic rings. The topological polar surface area (TPSA) is 95.7 Å². The zero-order valence-electron chi connectivity index (χ0n) is 8.77. The minimum Gasteiger partial charge on any atom is -0.392 e. The summed E-state index contributed by atoms with van der Waals surface area (Å²) >= 11 is 0. The zero-order chi connectivity index (χ0) is 11.4. The largest absolute Gasteiger partial charge is 0.392 e. The molecule has 0 saturated carbocycles. The summed E-state index contributed by atoms with van der Waals surface area (Å²) in [5, 5.41) is 11.5. The number of carbonyl (C=O) groups excluding carboxylic acids is 2. The number of piperidine rings is 1. The molecule has 1 fully saturated rings. The van der Waals surface area contributed by atoms with Crippen LogP contribution in [0.25, 0.3) is 0 Å². The summed E-state index contributed by atoms with van der Waals surface area (Å²) in [4.78, 5) is 23.7. The summed E-state index contributed by atoms with van der Waals surface area (Å²) in [5.74, 6) is -0.420. The van der Waals surface area contributed by atoms with Gasteiger partial charge < -0.3 is 10.8 Å². The maximum Gasteiger partial charge on any atom is 0.318 e. The van der Waals surface area contributed by atoms with Crippen LogP contribution in [0.15, 0.2) is 0 Å². The van der Waals surface area contributed by atoms with E-state index in [2.05, 4.69) is 0 Å². The Balaban J connectivity index is 2.47. The minimum atomic E-state index is -0.843. The van der Waals surface area contributed by atoms with Gasteiger partial charge in [-0.05, 0) is 26.3 Å². The fraction of sp³-hybridized carbons (Fsp3) is 0.778. The number of nitrogens with zero attached hydrogens (tertiary/aromatic N) is 1. The average Bonchev–Trinajstić information content (AvgIpc) is 2.15. The van der Waals surface area contributed by atoms with Crippen LogP contribution in [0, 0.1) is 0 Å². The molecular weight excluding hydrogens is 198 g/mol. The summed E-state index contributed by atoms with van der Waals surface area (Å²) in [6, 6.07) is -1.28.